The van der Waals surface area contributed by atoms with Gasteiger partial charge in [0.15, 0.2) is 5.65 Å². The number of amides is 2. The zero-order valence-electron chi connectivity index (χ0n) is 17.4. The van der Waals surface area contributed by atoms with E-state index in [0.29, 0.717) is 29.7 Å². The van der Waals surface area contributed by atoms with Crippen LogP contribution in [0.25, 0.3) is 11.0 Å². The average Bonchev–Trinajstić information content (AvgIpc) is 3.12. The maximum atomic E-state index is 13.5. The highest BCUT2D eigenvalue weighted by Gasteiger charge is 2.36. The average molecular weight is 401 g/mol. The summed E-state index contributed by atoms with van der Waals surface area (Å²) in [5.74, 6) is -1.11. The predicted octanol–water partition coefficient (Wildman–Crippen LogP) is 1.64. The minimum Gasteiger partial charge on any atom is -0.469 e. The number of carbonyl (C=O) groups is 3. The van der Waals surface area contributed by atoms with E-state index in [1.807, 2.05) is 27.7 Å². The number of piperazine rings is 1. The zero-order chi connectivity index (χ0) is 21.3. The molecule has 3 heterocycles. The lowest BCUT2D eigenvalue weighted by Crippen LogP contribution is -2.57. The van der Waals surface area contributed by atoms with Gasteiger partial charge in [0.25, 0.3) is 5.91 Å². The van der Waals surface area contributed by atoms with Crippen molar-refractivity contribution in [1.82, 2.24) is 25.0 Å². The van der Waals surface area contributed by atoms with Gasteiger partial charge >= 0.3 is 5.97 Å². The third-order valence-electron chi connectivity index (χ3n) is 5.08. The second kappa shape index (κ2) is 8.18. The number of ether oxygens (including phenoxy) is 1. The Morgan fingerprint density at radius 1 is 1.31 bits per heavy atom. The number of hydrogen-bond acceptors (Lipinski definition) is 6. The van der Waals surface area contributed by atoms with Crippen LogP contribution in [0.1, 0.15) is 62.1 Å². The molecule has 1 aliphatic rings. The minimum absolute atomic E-state index is 0.0817. The van der Waals surface area contributed by atoms with Crippen molar-refractivity contribution in [3.05, 3.63) is 23.5 Å². The lowest BCUT2D eigenvalue weighted by atomic mass is 10.0. The summed E-state index contributed by atoms with van der Waals surface area (Å²) in [5.41, 5.74) is 1.85. The van der Waals surface area contributed by atoms with Crippen LogP contribution in [0.2, 0.25) is 0 Å². The van der Waals surface area contributed by atoms with Crippen molar-refractivity contribution >= 4 is 28.8 Å². The van der Waals surface area contributed by atoms with Crippen LogP contribution in [0, 0.1) is 0 Å². The van der Waals surface area contributed by atoms with Crippen LogP contribution >= 0.6 is 0 Å². The van der Waals surface area contributed by atoms with Crippen LogP contribution in [0.3, 0.4) is 0 Å². The first-order valence-corrected chi connectivity index (χ1v) is 9.78. The van der Waals surface area contributed by atoms with Crippen LogP contribution in [0.4, 0.5) is 0 Å². The number of pyridine rings is 1. The van der Waals surface area contributed by atoms with Crippen molar-refractivity contribution in [2.75, 3.05) is 20.2 Å². The van der Waals surface area contributed by atoms with E-state index in [0.717, 1.165) is 5.69 Å². The summed E-state index contributed by atoms with van der Waals surface area (Å²) in [6.07, 6.45) is 1.45. The number of hydrogen-bond donors (Lipinski definition) is 1. The van der Waals surface area contributed by atoms with Gasteiger partial charge in [0.2, 0.25) is 5.91 Å². The molecule has 1 aliphatic heterocycles. The predicted molar refractivity (Wildman–Crippen MR) is 106 cm³/mol. The molecule has 3 rings (SSSR count). The highest BCUT2D eigenvalue weighted by atomic mass is 16.5. The SMILES string of the molecule is COC(=O)CC1C(=O)NCCN1C(=O)c1cc(C(C)C)nc2c1cnn2C(C)C. The third-order valence-corrected chi connectivity index (χ3v) is 5.08. The molecule has 2 amide bonds. The molecule has 0 aromatic carbocycles. The van der Waals surface area contributed by atoms with Crippen molar-refractivity contribution in [2.24, 2.45) is 0 Å². The lowest BCUT2D eigenvalue weighted by molar-refractivity contribution is -0.145. The quantitative estimate of drug-likeness (QED) is 0.764. The van der Waals surface area contributed by atoms with Gasteiger partial charge in [-0.2, -0.15) is 5.10 Å². The maximum absolute atomic E-state index is 13.5. The Labute approximate surface area is 169 Å². The first-order valence-electron chi connectivity index (χ1n) is 9.78. The van der Waals surface area contributed by atoms with E-state index < -0.39 is 12.0 Å². The Morgan fingerprint density at radius 2 is 2.03 bits per heavy atom. The highest BCUT2D eigenvalue weighted by Crippen LogP contribution is 2.26. The van der Waals surface area contributed by atoms with Crippen molar-refractivity contribution in [1.29, 1.82) is 0 Å². The molecular weight excluding hydrogens is 374 g/mol. The molecule has 29 heavy (non-hydrogen) atoms. The minimum atomic E-state index is -0.908. The van der Waals surface area contributed by atoms with Gasteiger partial charge in [0.05, 0.1) is 30.7 Å². The largest absolute Gasteiger partial charge is 0.469 e. The first kappa shape index (κ1) is 20.8. The van der Waals surface area contributed by atoms with Crippen molar-refractivity contribution in [2.45, 2.75) is 52.1 Å². The Balaban J connectivity index is 2.09. The Hall–Kier alpha value is -2.97. The van der Waals surface area contributed by atoms with E-state index in [-0.39, 0.29) is 30.2 Å². The summed E-state index contributed by atoms with van der Waals surface area (Å²) in [6.45, 7) is 8.65. The molecule has 1 unspecified atom stereocenters. The first-order chi connectivity index (χ1) is 13.7. The van der Waals surface area contributed by atoms with E-state index in [1.54, 1.807) is 16.9 Å². The molecule has 0 saturated carbocycles. The van der Waals surface area contributed by atoms with Crippen molar-refractivity contribution < 1.29 is 19.1 Å². The number of fused-ring (bicyclic) bond motifs is 1. The monoisotopic (exact) mass is 401 g/mol. The number of aromatic nitrogens is 3. The fourth-order valence-corrected chi connectivity index (χ4v) is 3.44. The van der Waals surface area contributed by atoms with E-state index in [2.05, 4.69) is 10.4 Å². The smallest absolute Gasteiger partial charge is 0.308 e. The molecule has 2 aromatic heterocycles. The number of esters is 1. The molecule has 9 nitrogen and oxygen atoms in total. The third kappa shape index (κ3) is 3.94. The summed E-state index contributed by atoms with van der Waals surface area (Å²) in [5, 5.41) is 7.76. The second-order valence-electron chi connectivity index (χ2n) is 7.76. The van der Waals surface area contributed by atoms with Crippen LogP contribution < -0.4 is 5.32 Å². The number of nitrogens with one attached hydrogen (secondary N) is 1. The van der Waals surface area contributed by atoms with E-state index in [9.17, 15) is 14.4 Å². The van der Waals surface area contributed by atoms with Crippen molar-refractivity contribution in [3.8, 4) is 0 Å². The molecule has 1 N–H and O–H groups in total. The Morgan fingerprint density at radius 3 is 2.66 bits per heavy atom. The molecule has 0 aliphatic carbocycles. The van der Waals surface area contributed by atoms with Gasteiger partial charge in [-0.05, 0) is 25.8 Å². The Kier molecular flexibility index (Phi) is 5.86. The summed E-state index contributed by atoms with van der Waals surface area (Å²) >= 11 is 0. The van der Waals surface area contributed by atoms with E-state index in [4.69, 9.17) is 9.72 Å². The van der Waals surface area contributed by atoms with Crippen LogP contribution in [-0.4, -0.2) is 63.7 Å². The van der Waals surface area contributed by atoms with Crippen LogP contribution in [-0.2, 0) is 14.3 Å². The molecule has 0 radical (unpaired) electrons. The van der Waals surface area contributed by atoms with E-state index in [1.165, 1.54) is 12.0 Å². The Bertz CT molecular complexity index is 950. The molecule has 9 heteroatoms. The van der Waals surface area contributed by atoms with E-state index >= 15 is 0 Å². The number of carbonyl (C=O) groups excluding carboxylic acids is 3. The fourth-order valence-electron chi connectivity index (χ4n) is 3.44. The van der Waals surface area contributed by atoms with Crippen LogP contribution in [0.15, 0.2) is 12.3 Å². The molecular formula is C20H27N5O4. The molecule has 0 spiro atoms. The number of methoxy groups -OCH3 is 1. The molecule has 1 saturated heterocycles. The van der Waals surface area contributed by atoms with Gasteiger partial charge in [-0.3, -0.25) is 14.4 Å². The van der Waals surface area contributed by atoms with Gasteiger partial charge in [-0.15, -0.1) is 0 Å². The normalized spacial score (nSPS) is 17.1. The van der Waals surface area contributed by atoms with Gasteiger partial charge < -0.3 is 15.0 Å². The summed E-state index contributed by atoms with van der Waals surface area (Å²) < 4.78 is 6.49. The number of nitrogens with zero attached hydrogens (tertiary/aromatic N) is 4. The number of rotatable bonds is 5. The van der Waals surface area contributed by atoms with Gasteiger partial charge in [-0.1, -0.05) is 13.8 Å². The van der Waals surface area contributed by atoms with Gasteiger partial charge in [0.1, 0.15) is 6.04 Å². The molecule has 0 bridgehead atoms. The summed E-state index contributed by atoms with van der Waals surface area (Å²) in [6, 6.07) is 0.941. The molecule has 156 valence electrons. The van der Waals surface area contributed by atoms with Gasteiger partial charge in [0, 0.05) is 24.8 Å². The zero-order valence-corrected chi connectivity index (χ0v) is 17.4. The summed E-state index contributed by atoms with van der Waals surface area (Å²) in [4.78, 5) is 43.9. The maximum Gasteiger partial charge on any atom is 0.308 e. The topological polar surface area (TPSA) is 106 Å². The summed E-state index contributed by atoms with van der Waals surface area (Å²) in [7, 11) is 1.26. The fraction of sp³-hybridized carbons (Fsp3) is 0.550. The van der Waals surface area contributed by atoms with Crippen LogP contribution in [0.5, 0.6) is 0 Å². The molecule has 1 fully saturated rings. The molecule has 2 aromatic rings. The molecule has 1 atom stereocenters. The van der Waals surface area contributed by atoms with Gasteiger partial charge in [-0.25, -0.2) is 9.67 Å². The van der Waals surface area contributed by atoms with Crippen molar-refractivity contribution in [3.63, 3.8) is 0 Å². The standard InChI is InChI=1S/C20H27N5O4/c1-11(2)15-8-13(14-10-22-25(12(3)4)18(14)23-15)20(28)24-7-6-21-19(27)16(24)9-17(26)29-5/h8,10-12,16H,6-7,9H2,1-5H3,(H,21,27). The highest BCUT2D eigenvalue weighted by molar-refractivity contribution is 6.07. The lowest BCUT2D eigenvalue weighted by Gasteiger charge is -2.34. The second-order valence-corrected chi connectivity index (χ2v) is 7.76.